The number of anilines is 2. The quantitative estimate of drug-likeness (QED) is 0.373. The van der Waals surface area contributed by atoms with E-state index in [0.29, 0.717) is 29.0 Å². The Labute approximate surface area is 184 Å². The van der Waals surface area contributed by atoms with Gasteiger partial charge in [-0.05, 0) is 24.3 Å². The zero-order valence-corrected chi connectivity index (χ0v) is 17.9. The van der Waals surface area contributed by atoms with Crippen molar-refractivity contribution >= 4 is 35.0 Å². The van der Waals surface area contributed by atoms with Crippen LogP contribution in [0.15, 0.2) is 72.4 Å². The smallest absolute Gasteiger partial charge is 0.234 e. The summed E-state index contributed by atoms with van der Waals surface area (Å²) in [6.07, 6.45) is 1.72. The zero-order chi connectivity index (χ0) is 22.1. The topological polar surface area (TPSA) is 98.1 Å². The second-order valence-corrected chi connectivity index (χ2v) is 7.37. The minimum absolute atomic E-state index is 0.0235. The number of rotatable bonds is 10. The number of nitrogens with zero attached hydrogens (tertiary/aromatic N) is 3. The number of thioether (sulfide) groups is 1. The van der Waals surface area contributed by atoms with Gasteiger partial charge in [0.1, 0.15) is 11.6 Å². The Bertz CT molecular complexity index is 1050. The summed E-state index contributed by atoms with van der Waals surface area (Å²) in [6, 6.07) is 16.4. The molecule has 0 fully saturated rings. The van der Waals surface area contributed by atoms with Crippen molar-refractivity contribution in [1.29, 1.82) is 0 Å². The average molecular weight is 438 g/mol. The van der Waals surface area contributed by atoms with E-state index >= 15 is 0 Å². The fourth-order valence-electron chi connectivity index (χ4n) is 2.80. The first-order valence-corrected chi connectivity index (χ1v) is 10.5. The lowest BCUT2D eigenvalue weighted by atomic mass is 10.2. The molecule has 2 aromatic carbocycles. The third-order valence-corrected chi connectivity index (χ3v) is 5.16. The number of amides is 2. The van der Waals surface area contributed by atoms with E-state index in [1.54, 1.807) is 29.9 Å². The molecule has 0 aliphatic heterocycles. The third-order valence-electron chi connectivity index (χ3n) is 4.19. The number of ether oxygens (including phenoxy) is 1. The lowest BCUT2D eigenvalue weighted by Crippen LogP contribution is -2.18. The molecule has 9 heteroatoms. The van der Waals surface area contributed by atoms with Crippen molar-refractivity contribution in [2.75, 3.05) is 23.5 Å². The maximum atomic E-state index is 12.5. The van der Waals surface area contributed by atoms with Gasteiger partial charge in [-0.1, -0.05) is 48.2 Å². The Balaban J connectivity index is 1.63. The molecule has 0 aliphatic rings. The first-order valence-electron chi connectivity index (χ1n) is 9.54. The summed E-state index contributed by atoms with van der Waals surface area (Å²) in [5.41, 5.74) is 1.31. The summed E-state index contributed by atoms with van der Waals surface area (Å²) in [5, 5.41) is 14.5. The fourth-order valence-corrected chi connectivity index (χ4v) is 3.57. The van der Waals surface area contributed by atoms with E-state index in [1.165, 1.54) is 11.8 Å². The van der Waals surface area contributed by atoms with Crippen LogP contribution in [-0.4, -0.2) is 39.4 Å². The van der Waals surface area contributed by atoms with E-state index in [2.05, 4.69) is 27.4 Å². The van der Waals surface area contributed by atoms with Crippen molar-refractivity contribution in [3.63, 3.8) is 0 Å². The van der Waals surface area contributed by atoms with Crippen LogP contribution in [-0.2, 0) is 22.6 Å². The number of benzene rings is 2. The van der Waals surface area contributed by atoms with E-state index in [4.69, 9.17) is 4.74 Å². The first-order chi connectivity index (χ1) is 15.1. The Hall–Kier alpha value is -3.59. The van der Waals surface area contributed by atoms with Crippen LogP contribution in [0.5, 0.6) is 5.75 Å². The van der Waals surface area contributed by atoms with Gasteiger partial charge in [0.25, 0.3) is 0 Å². The Morgan fingerprint density at radius 3 is 2.55 bits per heavy atom. The summed E-state index contributed by atoms with van der Waals surface area (Å²) >= 11 is 1.25. The van der Waals surface area contributed by atoms with Gasteiger partial charge in [-0.25, -0.2) is 0 Å². The molecule has 0 aliphatic carbocycles. The summed E-state index contributed by atoms with van der Waals surface area (Å²) in [4.78, 5) is 24.8. The van der Waals surface area contributed by atoms with Gasteiger partial charge in [0, 0.05) is 12.2 Å². The highest BCUT2D eigenvalue weighted by Crippen LogP contribution is 2.23. The molecule has 8 nitrogen and oxygen atoms in total. The van der Waals surface area contributed by atoms with Crippen molar-refractivity contribution < 1.29 is 14.3 Å². The second-order valence-electron chi connectivity index (χ2n) is 6.43. The van der Waals surface area contributed by atoms with Gasteiger partial charge in [0.15, 0.2) is 5.16 Å². The number of carbonyl (C=O) groups excluding carboxylic acids is 2. The molecule has 0 saturated carbocycles. The highest BCUT2D eigenvalue weighted by atomic mass is 32.2. The molecule has 3 aromatic rings. The van der Waals surface area contributed by atoms with Gasteiger partial charge in [0.2, 0.25) is 11.8 Å². The van der Waals surface area contributed by atoms with Crippen molar-refractivity contribution in [2.24, 2.45) is 0 Å². The van der Waals surface area contributed by atoms with Crippen LogP contribution in [0.4, 0.5) is 11.4 Å². The molecule has 0 bridgehead atoms. The van der Waals surface area contributed by atoms with Crippen molar-refractivity contribution in [3.05, 3.63) is 73.1 Å². The molecule has 0 unspecified atom stereocenters. The van der Waals surface area contributed by atoms with Crippen LogP contribution in [0.3, 0.4) is 0 Å². The molecule has 2 N–H and O–H groups in total. The Kier molecular flexibility index (Phi) is 7.83. The molecule has 0 atom stereocenters. The van der Waals surface area contributed by atoms with Gasteiger partial charge in [-0.3, -0.25) is 9.59 Å². The zero-order valence-electron chi connectivity index (χ0n) is 17.1. The second kappa shape index (κ2) is 11.0. The Morgan fingerprint density at radius 2 is 1.81 bits per heavy atom. The first kappa shape index (κ1) is 22.1. The van der Waals surface area contributed by atoms with Gasteiger partial charge in [0.05, 0.1) is 25.0 Å². The number of hydrogen-bond donors (Lipinski definition) is 2. The van der Waals surface area contributed by atoms with Gasteiger partial charge in [-0.15, -0.1) is 16.8 Å². The average Bonchev–Trinajstić information content (AvgIpc) is 3.14. The van der Waals surface area contributed by atoms with Crippen LogP contribution >= 0.6 is 11.8 Å². The van der Waals surface area contributed by atoms with Crippen LogP contribution < -0.4 is 15.4 Å². The molecule has 0 spiro atoms. The fraction of sp³-hybridized carbons (Fsp3) is 0.182. The number of methoxy groups -OCH3 is 1. The van der Waals surface area contributed by atoms with Gasteiger partial charge >= 0.3 is 0 Å². The highest BCUT2D eigenvalue weighted by molar-refractivity contribution is 7.99. The van der Waals surface area contributed by atoms with E-state index in [1.807, 2.05) is 42.5 Å². The largest absolute Gasteiger partial charge is 0.495 e. The number of nitrogens with one attached hydrogen (secondary N) is 2. The van der Waals surface area contributed by atoms with Crippen molar-refractivity contribution in [3.8, 4) is 5.75 Å². The molecular weight excluding hydrogens is 414 g/mol. The van der Waals surface area contributed by atoms with E-state index in [0.717, 1.165) is 5.69 Å². The molecule has 2 amide bonds. The lowest BCUT2D eigenvalue weighted by molar-refractivity contribution is -0.116. The summed E-state index contributed by atoms with van der Waals surface area (Å²) < 4.78 is 7.03. The lowest BCUT2D eigenvalue weighted by Gasteiger charge is -2.10. The monoisotopic (exact) mass is 437 g/mol. The summed E-state index contributed by atoms with van der Waals surface area (Å²) in [7, 11) is 1.54. The minimum atomic E-state index is -0.249. The van der Waals surface area contributed by atoms with Gasteiger partial charge < -0.3 is 19.9 Å². The SMILES string of the molecule is C=CCn1c(CC(=O)Nc2ccccc2OC)nnc1SCC(=O)Nc1ccccc1. The van der Waals surface area contributed by atoms with E-state index in [-0.39, 0.29) is 24.0 Å². The number of para-hydroxylation sites is 3. The number of allylic oxidation sites excluding steroid dienone is 1. The minimum Gasteiger partial charge on any atom is -0.495 e. The van der Waals surface area contributed by atoms with Crippen LogP contribution in [0, 0.1) is 0 Å². The summed E-state index contributed by atoms with van der Waals surface area (Å²) in [6.45, 7) is 4.18. The highest BCUT2D eigenvalue weighted by Gasteiger charge is 2.17. The van der Waals surface area contributed by atoms with Gasteiger partial charge in [-0.2, -0.15) is 0 Å². The molecule has 0 saturated heterocycles. The van der Waals surface area contributed by atoms with E-state index in [9.17, 15) is 9.59 Å². The number of aromatic nitrogens is 3. The van der Waals surface area contributed by atoms with Crippen LogP contribution in [0.1, 0.15) is 5.82 Å². The van der Waals surface area contributed by atoms with Crippen LogP contribution in [0.2, 0.25) is 0 Å². The normalized spacial score (nSPS) is 10.4. The maximum Gasteiger partial charge on any atom is 0.234 e. The number of carbonyl (C=O) groups is 2. The number of hydrogen-bond acceptors (Lipinski definition) is 6. The molecule has 0 radical (unpaired) electrons. The third kappa shape index (κ3) is 6.19. The molecular formula is C22H23N5O3S. The van der Waals surface area contributed by atoms with Crippen molar-refractivity contribution in [1.82, 2.24) is 14.8 Å². The molecule has 31 heavy (non-hydrogen) atoms. The molecule has 1 aromatic heterocycles. The maximum absolute atomic E-state index is 12.5. The van der Waals surface area contributed by atoms with Crippen LogP contribution in [0.25, 0.3) is 0 Å². The predicted octanol–water partition coefficient (Wildman–Crippen LogP) is 3.38. The molecule has 3 rings (SSSR count). The van der Waals surface area contributed by atoms with Crippen molar-refractivity contribution in [2.45, 2.75) is 18.1 Å². The standard InChI is InChI=1S/C22H23N5O3S/c1-3-13-27-19(14-20(28)24-17-11-7-8-12-18(17)30-2)25-26-22(27)31-15-21(29)23-16-9-5-4-6-10-16/h3-12H,1,13-15H2,2H3,(H,23,29)(H,24,28). The Morgan fingerprint density at radius 1 is 1.06 bits per heavy atom. The van der Waals surface area contributed by atoms with E-state index < -0.39 is 0 Å². The molecule has 160 valence electrons. The molecule has 1 heterocycles. The predicted molar refractivity (Wildman–Crippen MR) is 121 cm³/mol. The summed E-state index contributed by atoms with van der Waals surface area (Å²) in [5.74, 6) is 0.820.